The molecule has 1 aliphatic heterocycles. The normalized spacial score (nSPS) is 21.7. The lowest BCUT2D eigenvalue weighted by molar-refractivity contribution is 0.311. The summed E-state index contributed by atoms with van der Waals surface area (Å²) in [5.74, 6) is -0.0935. The Balaban J connectivity index is 2.39. The van der Waals surface area contributed by atoms with Gasteiger partial charge in [-0.1, -0.05) is 5.16 Å². The molecule has 1 saturated heterocycles. The fourth-order valence-corrected chi connectivity index (χ4v) is 4.23. The van der Waals surface area contributed by atoms with E-state index in [0.717, 1.165) is 0 Å². The van der Waals surface area contributed by atoms with Gasteiger partial charge in [-0.2, -0.15) is 4.31 Å². The molecular weight excluding hydrogens is 336 g/mol. The van der Waals surface area contributed by atoms with Gasteiger partial charge in [0, 0.05) is 23.4 Å². The average molecular weight is 349 g/mol. The fraction of sp³-hybridized carbons (Fsp3) is 0.400. The van der Waals surface area contributed by atoms with Crippen LogP contribution in [0.3, 0.4) is 0 Å². The van der Waals surface area contributed by atoms with Crippen LogP contribution < -0.4 is 5.73 Å². The van der Waals surface area contributed by atoms with E-state index in [0.29, 0.717) is 23.9 Å². The van der Waals surface area contributed by atoms with Gasteiger partial charge in [-0.05, 0) is 34.8 Å². The molecule has 1 aromatic heterocycles. The van der Waals surface area contributed by atoms with Crippen LogP contribution in [0.2, 0.25) is 0 Å². The zero-order valence-corrected chi connectivity index (χ0v) is 12.3. The van der Waals surface area contributed by atoms with Crippen LogP contribution in [0.1, 0.15) is 12.8 Å². The standard InChI is InChI=1S/C10H13BrN4O3S/c11-7-4-8(6-13-5-7)19(17,18)15-3-1-2-9(15)10(12)14-16/h4-6,9,16H,1-3H2,(H2,12,14). The van der Waals surface area contributed by atoms with Gasteiger partial charge in [0.15, 0.2) is 5.84 Å². The molecule has 0 aliphatic carbocycles. The van der Waals surface area contributed by atoms with Crippen LogP contribution in [0.25, 0.3) is 0 Å². The lowest BCUT2D eigenvalue weighted by atomic mass is 10.2. The second-order valence-electron chi connectivity index (χ2n) is 4.14. The fourth-order valence-electron chi connectivity index (χ4n) is 2.06. The number of oxime groups is 1. The summed E-state index contributed by atoms with van der Waals surface area (Å²) in [6.07, 6.45) is 3.99. The Labute approximate surface area is 119 Å². The molecule has 104 valence electrons. The number of rotatable bonds is 3. The summed E-state index contributed by atoms with van der Waals surface area (Å²) in [6.45, 7) is 0.343. The zero-order valence-electron chi connectivity index (χ0n) is 9.90. The molecule has 2 heterocycles. The number of sulfonamides is 1. The highest BCUT2D eigenvalue weighted by molar-refractivity contribution is 9.10. The Morgan fingerprint density at radius 1 is 1.58 bits per heavy atom. The van der Waals surface area contributed by atoms with E-state index in [1.54, 1.807) is 0 Å². The molecule has 3 N–H and O–H groups in total. The first-order valence-electron chi connectivity index (χ1n) is 5.56. The predicted molar refractivity (Wildman–Crippen MR) is 72.3 cm³/mol. The number of halogens is 1. The quantitative estimate of drug-likeness (QED) is 0.362. The van der Waals surface area contributed by atoms with Crippen LogP contribution in [0.4, 0.5) is 0 Å². The van der Waals surface area contributed by atoms with Crippen molar-refractivity contribution in [2.45, 2.75) is 23.8 Å². The van der Waals surface area contributed by atoms with Crippen LogP contribution in [0.5, 0.6) is 0 Å². The summed E-state index contributed by atoms with van der Waals surface area (Å²) < 4.78 is 26.8. The first kappa shape index (κ1) is 14.2. The van der Waals surface area contributed by atoms with Crippen molar-refractivity contribution in [3.8, 4) is 0 Å². The Morgan fingerprint density at radius 2 is 2.32 bits per heavy atom. The third-order valence-corrected chi connectivity index (χ3v) is 5.25. The van der Waals surface area contributed by atoms with E-state index >= 15 is 0 Å². The maximum Gasteiger partial charge on any atom is 0.245 e. The highest BCUT2D eigenvalue weighted by Gasteiger charge is 2.37. The van der Waals surface area contributed by atoms with Gasteiger partial charge in [-0.3, -0.25) is 4.98 Å². The monoisotopic (exact) mass is 348 g/mol. The van der Waals surface area contributed by atoms with Crippen molar-refractivity contribution in [1.29, 1.82) is 0 Å². The van der Waals surface area contributed by atoms with Crippen LogP contribution >= 0.6 is 15.9 Å². The highest BCUT2D eigenvalue weighted by atomic mass is 79.9. The number of amidine groups is 1. The molecule has 9 heteroatoms. The molecule has 1 fully saturated rings. The van der Waals surface area contributed by atoms with Crippen molar-refractivity contribution >= 4 is 31.8 Å². The summed E-state index contributed by atoms with van der Waals surface area (Å²) in [4.78, 5) is 3.93. The molecule has 1 aliphatic rings. The van der Waals surface area contributed by atoms with Crippen LogP contribution in [0, 0.1) is 0 Å². The molecule has 7 nitrogen and oxygen atoms in total. The van der Waals surface area contributed by atoms with Crippen molar-refractivity contribution in [3.63, 3.8) is 0 Å². The lowest BCUT2D eigenvalue weighted by Gasteiger charge is -2.22. The molecule has 0 amide bonds. The van der Waals surface area contributed by atoms with Crippen LogP contribution in [0.15, 0.2) is 33.0 Å². The Kier molecular flexibility index (Phi) is 4.07. The number of nitrogens with zero attached hydrogens (tertiary/aromatic N) is 3. The van der Waals surface area contributed by atoms with E-state index in [4.69, 9.17) is 10.9 Å². The first-order valence-corrected chi connectivity index (χ1v) is 7.80. The smallest absolute Gasteiger partial charge is 0.245 e. The SMILES string of the molecule is NC(=NO)C1CCCN1S(=O)(=O)c1cncc(Br)c1. The van der Waals surface area contributed by atoms with Crippen molar-refractivity contribution in [2.75, 3.05) is 6.54 Å². The van der Waals surface area contributed by atoms with Gasteiger partial charge in [0.25, 0.3) is 0 Å². The highest BCUT2D eigenvalue weighted by Crippen LogP contribution is 2.26. The summed E-state index contributed by atoms with van der Waals surface area (Å²) in [7, 11) is -3.70. The lowest BCUT2D eigenvalue weighted by Crippen LogP contribution is -2.43. The number of pyridine rings is 1. The molecule has 0 saturated carbocycles. The predicted octanol–water partition coefficient (Wildman–Crippen LogP) is 0.744. The van der Waals surface area contributed by atoms with Gasteiger partial charge in [-0.15, -0.1) is 0 Å². The van der Waals surface area contributed by atoms with Gasteiger partial charge in [0.1, 0.15) is 4.90 Å². The van der Waals surface area contributed by atoms with E-state index in [9.17, 15) is 8.42 Å². The minimum atomic E-state index is -3.70. The van der Waals surface area contributed by atoms with Crippen LogP contribution in [-0.2, 0) is 10.0 Å². The van der Waals surface area contributed by atoms with Gasteiger partial charge in [0.05, 0.1) is 6.04 Å². The summed E-state index contributed by atoms with van der Waals surface area (Å²) in [6, 6.07) is 0.873. The molecule has 2 rings (SSSR count). The number of hydrogen-bond acceptors (Lipinski definition) is 5. The van der Waals surface area contributed by atoms with Gasteiger partial charge in [0.2, 0.25) is 10.0 Å². The van der Waals surface area contributed by atoms with E-state index in [2.05, 4.69) is 26.1 Å². The maximum absolute atomic E-state index is 12.5. The second kappa shape index (κ2) is 5.43. The van der Waals surface area contributed by atoms with Gasteiger partial charge >= 0.3 is 0 Å². The first-order chi connectivity index (χ1) is 8.96. The molecule has 19 heavy (non-hydrogen) atoms. The van der Waals surface area contributed by atoms with Gasteiger partial charge < -0.3 is 10.9 Å². The molecule has 0 spiro atoms. The zero-order chi connectivity index (χ0) is 14.0. The van der Waals surface area contributed by atoms with Crippen LogP contribution in [-0.4, -0.2) is 41.3 Å². The second-order valence-corrected chi connectivity index (χ2v) is 6.94. The topological polar surface area (TPSA) is 109 Å². The summed E-state index contributed by atoms with van der Waals surface area (Å²) >= 11 is 3.19. The molecule has 1 unspecified atom stereocenters. The number of nitrogens with two attached hydrogens (primary N) is 1. The molecular formula is C10H13BrN4O3S. The third kappa shape index (κ3) is 2.72. The van der Waals surface area contributed by atoms with E-state index in [1.807, 2.05) is 0 Å². The largest absolute Gasteiger partial charge is 0.409 e. The Bertz CT molecular complexity index is 605. The molecule has 0 bridgehead atoms. The van der Waals surface area contributed by atoms with Crippen molar-refractivity contribution < 1.29 is 13.6 Å². The minimum Gasteiger partial charge on any atom is -0.409 e. The molecule has 1 aromatic rings. The average Bonchev–Trinajstić information content (AvgIpc) is 2.87. The number of hydrogen-bond donors (Lipinski definition) is 2. The van der Waals surface area contributed by atoms with Crippen molar-refractivity contribution in [3.05, 3.63) is 22.9 Å². The maximum atomic E-state index is 12.5. The Hall–Kier alpha value is -1.19. The molecule has 1 atom stereocenters. The minimum absolute atomic E-state index is 0.0829. The van der Waals surface area contributed by atoms with E-state index < -0.39 is 16.1 Å². The van der Waals surface area contributed by atoms with E-state index in [-0.39, 0.29) is 10.7 Å². The summed E-state index contributed by atoms with van der Waals surface area (Å²) in [5.41, 5.74) is 5.54. The van der Waals surface area contributed by atoms with Crippen molar-refractivity contribution in [1.82, 2.24) is 9.29 Å². The third-order valence-electron chi connectivity index (χ3n) is 2.95. The van der Waals surface area contributed by atoms with E-state index in [1.165, 1.54) is 22.8 Å². The Morgan fingerprint density at radius 3 is 2.95 bits per heavy atom. The van der Waals surface area contributed by atoms with Crippen molar-refractivity contribution in [2.24, 2.45) is 10.9 Å². The molecule has 0 radical (unpaired) electrons. The summed E-state index contributed by atoms with van der Waals surface area (Å²) in [5, 5.41) is 11.6. The number of aromatic nitrogens is 1. The molecule has 0 aromatic carbocycles. The van der Waals surface area contributed by atoms with Gasteiger partial charge in [-0.25, -0.2) is 8.42 Å².